The molecule has 0 bridgehead atoms. The number of hydrogen-bond acceptors (Lipinski definition) is 0. The zero-order valence-electron chi connectivity index (χ0n) is 5.07. The van der Waals surface area contributed by atoms with Gasteiger partial charge in [-0.1, -0.05) is 20.4 Å². The van der Waals surface area contributed by atoms with Crippen LogP contribution in [0.15, 0.2) is 22.7 Å². The van der Waals surface area contributed by atoms with E-state index in [1.165, 1.54) is 6.07 Å². The molecule has 0 radical (unpaired) electrons. The molecule has 0 N–H and O–H groups in total. The molecule has 1 rings (SSSR count). The molecule has 10 heavy (non-hydrogen) atoms. The van der Waals surface area contributed by atoms with E-state index in [1.807, 2.05) is 0 Å². The van der Waals surface area contributed by atoms with Crippen molar-refractivity contribution in [3.8, 4) is 0 Å². The molecule has 1 aromatic rings. The van der Waals surface area contributed by atoms with Gasteiger partial charge in [0.25, 0.3) is 0 Å². The minimum atomic E-state index is -0.334. The summed E-state index contributed by atoms with van der Waals surface area (Å²) in [4.78, 5) is 0. The summed E-state index contributed by atoms with van der Waals surface area (Å²) >= 11 is 3.91. The Labute approximate surface area is 81.6 Å². The van der Waals surface area contributed by atoms with Gasteiger partial charge >= 0.3 is 27.0 Å². The standard InChI is InChI=1S/C6H3BrF.ClH.Zn/c7-5-2-1-3-6(8)4-5;;/h1-3H;1H;/q-1;;+2/p-1. The molecule has 0 aromatic heterocycles. The Kier molecular flexibility index (Phi) is 6.61. The van der Waals surface area contributed by atoms with Crippen molar-refractivity contribution >= 4 is 25.6 Å². The van der Waals surface area contributed by atoms with Gasteiger partial charge in [0, 0.05) is 5.82 Å². The van der Waals surface area contributed by atoms with Crippen molar-refractivity contribution in [1.82, 2.24) is 0 Å². The van der Waals surface area contributed by atoms with Crippen molar-refractivity contribution in [2.75, 3.05) is 0 Å². The molecule has 0 heterocycles. The summed E-state index contributed by atoms with van der Waals surface area (Å²) in [6.07, 6.45) is 0. The fourth-order valence-corrected chi connectivity index (χ4v) is 0.756. The Morgan fingerprint density at radius 1 is 1.50 bits per heavy atom. The molecule has 0 fully saturated rings. The second-order valence-corrected chi connectivity index (χ2v) is 2.20. The van der Waals surface area contributed by atoms with Crippen LogP contribution >= 0.6 is 25.6 Å². The van der Waals surface area contributed by atoms with E-state index in [0.29, 0.717) is 4.47 Å². The van der Waals surface area contributed by atoms with E-state index in [9.17, 15) is 4.39 Å². The number of halogens is 3. The Bertz CT molecular complexity index is 178. The first-order valence-electron chi connectivity index (χ1n) is 2.39. The summed E-state index contributed by atoms with van der Waals surface area (Å²) in [6, 6.07) is 7.12. The van der Waals surface area contributed by atoms with Crippen LogP contribution < -0.4 is 0 Å². The van der Waals surface area contributed by atoms with Crippen LogP contribution in [0.2, 0.25) is 0 Å². The minimum absolute atomic E-state index is 0.334. The van der Waals surface area contributed by atoms with E-state index in [2.05, 4.69) is 22.0 Å². The molecule has 0 saturated carbocycles. The Hall–Kier alpha value is 0.543. The fourth-order valence-electron chi connectivity index (χ4n) is 0.414. The summed E-state index contributed by atoms with van der Waals surface area (Å²) in [6.45, 7) is 0. The number of benzene rings is 1. The van der Waals surface area contributed by atoms with Crippen molar-refractivity contribution in [2.24, 2.45) is 0 Å². The first-order valence-corrected chi connectivity index (χ1v) is 7.08. The van der Waals surface area contributed by atoms with Gasteiger partial charge in [-0.05, 0) is 0 Å². The van der Waals surface area contributed by atoms with Gasteiger partial charge in [-0.15, -0.1) is 12.1 Å². The molecule has 0 aliphatic heterocycles. The predicted octanol–water partition coefficient (Wildman–Crippen LogP) is 3.08. The molecular formula is C6H3BrClFZn. The van der Waals surface area contributed by atoms with E-state index in [0.717, 1.165) is 17.3 Å². The van der Waals surface area contributed by atoms with Crippen LogP contribution in [0.1, 0.15) is 0 Å². The van der Waals surface area contributed by atoms with Gasteiger partial charge in [0.2, 0.25) is 0 Å². The second-order valence-electron chi connectivity index (χ2n) is 1.35. The van der Waals surface area contributed by atoms with E-state index in [-0.39, 0.29) is 5.82 Å². The maximum atomic E-state index is 12.1. The Morgan fingerprint density at radius 3 is 2.40 bits per heavy atom. The molecule has 0 aliphatic carbocycles. The van der Waals surface area contributed by atoms with E-state index >= 15 is 0 Å². The Balaban J connectivity index is 0.000000371. The predicted molar refractivity (Wildman–Crippen MR) is 38.8 cm³/mol. The quantitative estimate of drug-likeness (QED) is 0.504. The van der Waals surface area contributed by atoms with Crippen molar-refractivity contribution in [3.63, 3.8) is 0 Å². The summed E-state index contributed by atoms with van der Waals surface area (Å²) in [5, 5.41) is 0. The van der Waals surface area contributed by atoms with Crippen molar-refractivity contribution in [2.45, 2.75) is 0 Å². The number of rotatable bonds is 0. The monoisotopic (exact) mass is 272 g/mol. The molecule has 0 atom stereocenters. The summed E-state index contributed by atoms with van der Waals surface area (Å²) in [5.41, 5.74) is 0. The van der Waals surface area contributed by atoms with Crippen LogP contribution in [0.25, 0.3) is 0 Å². The van der Waals surface area contributed by atoms with Gasteiger partial charge in [-0.25, -0.2) is 4.39 Å². The van der Waals surface area contributed by atoms with Crippen LogP contribution in [0.5, 0.6) is 0 Å². The van der Waals surface area contributed by atoms with Crippen molar-refractivity contribution in [3.05, 3.63) is 34.6 Å². The third kappa shape index (κ3) is 4.37. The van der Waals surface area contributed by atoms with Gasteiger partial charge in [-0.2, -0.15) is 12.1 Å². The molecule has 0 amide bonds. The van der Waals surface area contributed by atoms with Crippen LogP contribution in [0.4, 0.5) is 4.39 Å². The molecule has 0 nitrogen and oxygen atoms in total. The SMILES string of the molecule is Fc1[c-]c(Br)ccc1.[Cl][Zn+]. The first-order chi connectivity index (χ1) is 4.79. The summed E-state index contributed by atoms with van der Waals surface area (Å²) in [7, 11) is 4.76. The maximum absolute atomic E-state index is 12.1. The summed E-state index contributed by atoms with van der Waals surface area (Å²) in [5.74, 6) is -0.334. The van der Waals surface area contributed by atoms with Gasteiger partial charge < -0.3 is 0 Å². The Morgan fingerprint density at radius 2 is 2.10 bits per heavy atom. The zero-order valence-corrected chi connectivity index (χ0v) is 10.4. The summed E-state index contributed by atoms with van der Waals surface area (Å²) < 4.78 is 12.7. The third-order valence-corrected chi connectivity index (χ3v) is 1.19. The van der Waals surface area contributed by atoms with Crippen molar-refractivity contribution < 1.29 is 21.7 Å². The second kappa shape index (κ2) is 6.27. The van der Waals surface area contributed by atoms with Gasteiger partial charge in [0.05, 0.1) is 0 Å². The van der Waals surface area contributed by atoms with Crippen LogP contribution in [-0.4, -0.2) is 0 Å². The normalized spacial score (nSPS) is 8.10. The van der Waals surface area contributed by atoms with E-state index in [1.54, 1.807) is 12.1 Å². The number of hydrogen-bond donors (Lipinski definition) is 0. The van der Waals surface area contributed by atoms with E-state index < -0.39 is 0 Å². The molecule has 0 saturated heterocycles. The van der Waals surface area contributed by atoms with Gasteiger partial charge in [0.1, 0.15) is 0 Å². The molecular weight excluding hydrogens is 272 g/mol. The third-order valence-electron chi connectivity index (χ3n) is 0.724. The molecule has 0 spiro atoms. The molecule has 4 heteroatoms. The average molecular weight is 275 g/mol. The van der Waals surface area contributed by atoms with Crippen LogP contribution in [-0.2, 0) is 17.3 Å². The molecule has 50 valence electrons. The molecule has 0 unspecified atom stereocenters. The average Bonchev–Trinajstić information content (AvgIpc) is 1.91. The zero-order chi connectivity index (χ0) is 7.98. The van der Waals surface area contributed by atoms with E-state index in [4.69, 9.17) is 9.69 Å². The van der Waals surface area contributed by atoms with Crippen LogP contribution in [0, 0.1) is 11.9 Å². The molecule has 0 aliphatic rings. The van der Waals surface area contributed by atoms with Gasteiger partial charge in [-0.3, -0.25) is 0 Å². The first kappa shape index (κ1) is 10.5. The van der Waals surface area contributed by atoms with Crippen molar-refractivity contribution in [1.29, 1.82) is 0 Å². The topological polar surface area (TPSA) is 0 Å². The van der Waals surface area contributed by atoms with Crippen LogP contribution in [0.3, 0.4) is 0 Å². The van der Waals surface area contributed by atoms with Gasteiger partial charge in [0.15, 0.2) is 0 Å². The fraction of sp³-hybridized carbons (Fsp3) is 0. The molecule has 1 aromatic carbocycles.